The van der Waals surface area contributed by atoms with Crippen LogP contribution in [0.4, 0.5) is 9.52 Å². The highest BCUT2D eigenvalue weighted by molar-refractivity contribution is 7.93. The number of anilines is 1. The molecule has 1 aliphatic rings. The number of sulfonamides is 1. The molecule has 0 amide bonds. The normalized spacial score (nSPS) is 13.7. The molecule has 0 bridgehead atoms. The van der Waals surface area contributed by atoms with Gasteiger partial charge in [-0.1, -0.05) is 29.8 Å². The Morgan fingerprint density at radius 2 is 2.21 bits per heavy atom. The first-order chi connectivity index (χ1) is 13.9. The van der Waals surface area contributed by atoms with Gasteiger partial charge in [-0.3, -0.25) is 4.72 Å². The minimum atomic E-state index is -4.21. The quantitative estimate of drug-likeness (QED) is 0.608. The largest absolute Gasteiger partial charge is 0.487 e. The van der Waals surface area contributed by atoms with E-state index < -0.39 is 20.7 Å². The van der Waals surface area contributed by atoms with Gasteiger partial charge < -0.3 is 9.47 Å². The fraction of sp³-hybridized carbons (Fsp3) is 0.222. The summed E-state index contributed by atoms with van der Waals surface area (Å²) in [6.07, 6.45) is 2.02. The lowest BCUT2D eigenvalue weighted by Gasteiger charge is -2.20. The average Bonchev–Trinajstić information content (AvgIpc) is 3.20. The Labute approximate surface area is 175 Å². The molecule has 0 fully saturated rings. The van der Waals surface area contributed by atoms with Gasteiger partial charge in [0.05, 0.1) is 18.2 Å². The Balaban J connectivity index is 1.55. The molecule has 0 atom stereocenters. The molecule has 29 heavy (non-hydrogen) atoms. The second-order valence-corrected chi connectivity index (χ2v) is 9.05. The highest BCUT2D eigenvalue weighted by Gasteiger charge is 2.23. The van der Waals surface area contributed by atoms with Gasteiger partial charge in [-0.05, 0) is 29.2 Å². The molecule has 1 aliphatic heterocycles. The van der Waals surface area contributed by atoms with Crippen LogP contribution in [0.5, 0.6) is 5.75 Å². The summed E-state index contributed by atoms with van der Waals surface area (Å²) in [5.41, 5.74) is 3.16. The monoisotopic (exact) mass is 455 g/mol. The molecule has 0 spiro atoms. The Kier molecular flexibility index (Phi) is 5.68. The summed E-state index contributed by atoms with van der Waals surface area (Å²) in [5.74, 6) is -0.937. The summed E-state index contributed by atoms with van der Waals surface area (Å²) in [7, 11) is -4.21. The average molecular weight is 456 g/mol. The maximum atomic E-state index is 14.5. The minimum absolute atomic E-state index is 0.0231. The molecule has 0 unspecified atom stereocenters. The molecule has 0 saturated carbocycles. The second kappa shape index (κ2) is 8.23. The Morgan fingerprint density at radius 1 is 1.34 bits per heavy atom. The van der Waals surface area contributed by atoms with Crippen LogP contribution < -0.4 is 9.46 Å². The molecule has 0 aliphatic carbocycles. The third-order valence-electron chi connectivity index (χ3n) is 4.37. The van der Waals surface area contributed by atoms with Crippen LogP contribution in [0.2, 0.25) is 5.02 Å². The fourth-order valence-corrected chi connectivity index (χ4v) is 5.00. The van der Waals surface area contributed by atoms with Crippen molar-refractivity contribution in [1.82, 2.24) is 9.36 Å². The molecule has 4 rings (SSSR count). The van der Waals surface area contributed by atoms with Crippen molar-refractivity contribution < 1.29 is 22.3 Å². The number of hydrogen-bond donors (Lipinski definition) is 1. The van der Waals surface area contributed by atoms with E-state index >= 15 is 0 Å². The number of nitrogens with one attached hydrogen (secondary N) is 1. The number of ether oxygens (including phenoxy) is 2. The maximum absolute atomic E-state index is 14.5. The van der Waals surface area contributed by atoms with Crippen molar-refractivity contribution in [2.24, 2.45) is 0 Å². The van der Waals surface area contributed by atoms with Crippen LogP contribution in [0, 0.1) is 5.82 Å². The summed E-state index contributed by atoms with van der Waals surface area (Å²) in [5, 5.41) is 0.00186. The van der Waals surface area contributed by atoms with Gasteiger partial charge in [-0.15, -0.1) is 0 Å². The Hall–Kier alpha value is -2.27. The molecule has 2 heterocycles. The number of hydrogen-bond acceptors (Lipinski definition) is 7. The van der Waals surface area contributed by atoms with Gasteiger partial charge >= 0.3 is 0 Å². The summed E-state index contributed by atoms with van der Waals surface area (Å²) in [6.45, 7) is 1.32. The number of rotatable bonds is 6. The van der Waals surface area contributed by atoms with Gasteiger partial charge in [-0.2, -0.15) is 4.37 Å². The molecule has 11 heteroatoms. The van der Waals surface area contributed by atoms with E-state index in [4.69, 9.17) is 21.1 Å². The van der Waals surface area contributed by atoms with E-state index in [9.17, 15) is 12.8 Å². The molecule has 152 valence electrons. The van der Waals surface area contributed by atoms with Gasteiger partial charge in [0.15, 0.2) is 0 Å². The van der Waals surface area contributed by atoms with Crippen LogP contribution >= 0.6 is 23.1 Å². The van der Waals surface area contributed by atoms with Crippen LogP contribution in [0.1, 0.15) is 16.7 Å². The van der Waals surface area contributed by atoms with Crippen molar-refractivity contribution in [2.45, 2.75) is 24.5 Å². The van der Waals surface area contributed by atoms with E-state index in [-0.39, 0.29) is 22.5 Å². The van der Waals surface area contributed by atoms with Gasteiger partial charge in [0.1, 0.15) is 29.4 Å². The number of halogens is 2. The molecule has 1 N–H and O–H groups in total. The second-order valence-electron chi connectivity index (χ2n) is 6.21. The van der Waals surface area contributed by atoms with Crippen molar-refractivity contribution in [1.29, 1.82) is 0 Å². The number of aromatic nitrogens is 2. The Morgan fingerprint density at radius 3 is 3.00 bits per heavy atom. The topological polar surface area (TPSA) is 90.4 Å². The van der Waals surface area contributed by atoms with Crippen molar-refractivity contribution in [3.63, 3.8) is 0 Å². The molecule has 7 nitrogen and oxygen atoms in total. The SMILES string of the molecule is O=S(=O)(Nc1ncns1)c1cc(Cl)c(OCc2cccc3c2COCC3)cc1F. The molecule has 2 aromatic carbocycles. The third kappa shape index (κ3) is 4.35. The maximum Gasteiger partial charge on any atom is 0.266 e. The van der Waals surface area contributed by atoms with E-state index in [1.54, 1.807) is 0 Å². The number of fused-ring (bicyclic) bond motifs is 1. The first-order valence-electron chi connectivity index (χ1n) is 8.53. The number of benzene rings is 2. The van der Waals surface area contributed by atoms with Crippen LogP contribution in [-0.4, -0.2) is 24.4 Å². The zero-order chi connectivity index (χ0) is 20.4. The van der Waals surface area contributed by atoms with Crippen molar-refractivity contribution in [3.05, 3.63) is 64.2 Å². The zero-order valence-electron chi connectivity index (χ0n) is 14.9. The van der Waals surface area contributed by atoms with E-state index in [1.165, 1.54) is 11.9 Å². The van der Waals surface area contributed by atoms with Crippen molar-refractivity contribution in [3.8, 4) is 5.75 Å². The van der Waals surface area contributed by atoms with Crippen LogP contribution in [0.3, 0.4) is 0 Å². The Bertz CT molecular complexity index is 1140. The van der Waals surface area contributed by atoms with Crippen LogP contribution in [0.15, 0.2) is 41.6 Å². The lowest BCUT2D eigenvalue weighted by Crippen LogP contribution is -2.15. The summed E-state index contributed by atoms with van der Waals surface area (Å²) in [4.78, 5) is 3.12. The predicted octanol–water partition coefficient (Wildman–Crippen LogP) is 3.78. The van der Waals surface area contributed by atoms with Gasteiger partial charge in [-0.25, -0.2) is 17.8 Å². The summed E-state index contributed by atoms with van der Waals surface area (Å²) < 4.78 is 56.4. The molecule has 0 radical (unpaired) electrons. The lowest BCUT2D eigenvalue weighted by molar-refractivity contribution is 0.109. The lowest BCUT2D eigenvalue weighted by atomic mass is 9.98. The predicted molar refractivity (Wildman–Crippen MR) is 106 cm³/mol. The number of nitrogens with zero attached hydrogens (tertiary/aromatic N) is 2. The van der Waals surface area contributed by atoms with Crippen LogP contribution in [-0.2, 0) is 34.4 Å². The molecular formula is C18H15ClFN3O4S2. The van der Waals surface area contributed by atoms with Crippen LogP contribution in [0.25, 0.3) is 0 Å². The molecular weight excluding hydrogens is 441 g/mol. The van der Waals surface area contributed by atoms with Crippen molar-refractivity contribution in [2.75, 3.05) is 11.3 Å². The highest BCUT2D eigenvalue weighted by atomic mass is 35.5. The van der Waals surface area contributed by atoms with E-state index in [2.05, 4.69) is 14.1 Å². The summed E-state index contributed by atoms with van der Waals surface area (Å²) in [6, 6.07) is 7.85. The smallest absolute Gasteiger partial charge is 0.266 e. The van der Waals surface area contributed by atoms with Gasteiger partial charge in [0.2, 0.25) is 5.13 Å². The first-order valence-corrected chi connectivity index (χ1v) is 11.2. The van der Waals surface area contributed by atoms with E-state index in [0.29, 0.717) is 13.2 Å². The third-order valence-corrected chi connectivity index (χ3v) is 6.73. The van der Waals surface area contributed by atoms with E-state index in [1.807, 2.05) is 18.2 Å². The van der Waals surface area contributed by atoms with Gasteiger partial charge in [0.25, 0.3) is 10.0 Å². The molecule has 3 aromatic rings. The summed E-state index contributed by atoms with van der Waals surface area (Å²) >= 11 is 7.00. The molecule has 1 aromatic heterocycles. The minimum Gasteiger partial charge on any atom is -0.487 e. The first kappa shape index (κ1) is 20.0. The zero-order valence-corrected chi connectivity index (χ0v) is 17.3. The molecule has 0 saturated heterocycles. The standard InChI is InChI=1S/C18H15ClFN3O4S2/c19-14-6-17(29(24,25)23-18-21-10-22-28-18)15(20)7-16(14)27-8-12-3-1-2-11-4-5-26-9-13(11)12/h1-3,6-7,10H,4-5,8-9H2,(H,21,22,23). The highest BCUT2D eigenvalue weighted by Crippen LogP contribution is 2.32. The van der Waals surface area contributed by atoms with E-state index in [0.717, 1.165) is 41.2 Å². The fourth-order valence-electron chi connectivity index (χ4n) is 2.97. The van der Waals surface area contributed by atoms with Gasteiger partial charge in [0, 0.05) is 17.6 Å². The van der Waals surface area contributed by atoms with Crippen molar-refractivity contribution >= 4 is 38.3 Å².